The van der Waals surface area contributed by atoms with E-state index in [9.17, 15) is 14.7 Å². The van der Waals surface area contributed by atoms with Crippen molar-refractivity contribution in [2.75, 3.05) is 18.8 Å². The number of aromatic nitrogens is 2. The number of carbonyl (C=O) groups is 1. The van der Waals surface area contributed by atoms with Crippen molar-refractivity contribution in [3.8, 4) is 5.88 Å². The molecule has 0 aliphatic carbocycles. The third kappa shape index (κ3) is 5.27. The van der Waals surface area contributed by atoms with Crippen molar-refractivity contribution in [1.82, 2.24) is 14.9 Å². The number of H-pyrrole nitrogens is 1. The summed E-state index contributed by atoms with van der Waals surface area (Å²) >= 11 is 1.17. The van der Waals surface area contributed by atoms with Gasteiger partial charge in [-0.05, 0) is 38.0 Å². The fourth-order valence-electron chi connectivity index (χ4n) is 2.56. The Balaban J connectivity index is 1.95. The van der Waals surface area contributed by atoms with E-state index in [0.29, 0.717) is 23.1 Å². The average molecular weight is 339 g/mol. The topological polar surface area (TPSA) is 86.3 Å². The normalized spacial score (nSPS) is 15.2. The molecule has 1 fully saturated rings. The zero-order valence-electron chi connectivity index (χ0n) is 13.8. The molecule has 128 valence electrons. The molecule has 1 aliphatic heterocycles. The van der Waals surface area contributed by atoms with Crippen LogP contribution in [0.5, 0.6) is 5.88 Å². The van der Waals surface area contributed by atoms with Gasteiger partial charge in [-0.1, -0.05) is 25.6 Å². The Morgan fingerprint density at radius 3 is 2.65 bits per heavy atom. The lowest BCUT2D eigenvalue weighted by atomic mass is 10.0. The number of piperidine rings is 1. The Morgan fingerprint density at radius 2 is 2.04 bits per heavy atom. The second-order valence-electron chi connectivity index (χ2n) is 6.34. The second kappa shape index (κ2) is 8.38. The number of nitrogens with one attached hydrogen (secondary N) is 1. The summed E-state index contributed by atoms with van der Waals surface area (Å²) in [6, 6.07) is 0. The third-order valence-corrected chi connectivity index (χ3v) is 4.84. The molecule has 2 heterocycles. The molecule has 0 bridgehead atoms. The molecular formula is C16H25N3O3S. The Bertz CT molecular complexity index is 595. The van der Waals surface area contributed by atoms with E-state index in [2.05, 4.69) is 23.8 Å². The van der Waals surface area contributed by atoms with Crippen LogP contribution in [0.25, 0.3) is 0 Å². The summed E-state index contributed by atoms with van der Waals surface area (Å²) in [5.41, 5.74) is 0.0106. The van der Waals surface area contributed by atoms with Crippen LogP contribution in [0.2, 0.25) is 0 Å². The molecule has 1 amide bonds. The molecule has 23 heavy (non-hydrogen) atoms. The molecule has 2 rings (SSSR count). The maximum absolute atomic E-state index is 12.1. The van der Waals surface area contributed by atoms with Gasteiger partial charge in [-0.2, -0.15) is 4.98 Å². The molecule has 0 spiro atoms. The highest BCUT2D eigenvalue weighted by Gasteiger charge is 2.18. The Hall–Kier alpha value is -1.50. The molecule has 1 aliphatic rings. The van der Waals surface area contributed by atoms with Crippen LogP contribution in [0, 0.1) is 5.92 Å². The number of nitrogens with zero attached hydrogens (tertiary/aromatic N) is 2. The van der Waals surface area contributed by atoms with Crippen molar-refractivity contribution in [1.29, 1.82) is 0 Å². The quantitative estimate of drug-likeness (QED) is 0.613. The van der Waals surface area contributed by atoms with E-state index in [1.165, 1.54) is 18.2 Å². The molecule has 0 atom stereocenters. The highest BCUT2D eigenvalue weighted by atomic mass is 32.2. The maximum atomic E-state index is 12.1. The number of hydrogen-bond acceptors (Lipinski definition) is 5. The second-order valence-corrected chi connectivity index (χ2v) is 7.30. The zero-order valence-corrected chi connectivity index (χ0v) is 14.6. The summed E-state index contributed by atoms with van der Waals surface area (Å²) in [4.78, 5) is 32.7. The monoisotopic (exact) mass is 339 g/mol. The molecule has 1 aromatic rings. The SMILES string of the molecule is CC(C)CCc1c(O)nc(SCC(=O)N2CCCCC2)[nH]c1=O. The summed E-state index contributed by atoms with van der Waals surface area (Å²) in [5, 5.41) is 10.3. The summed E-state index contributed by atoms with van der Waals surface area (Å²) < 4.78 is 0. The summed E-state index contributed by atoms with van der Waals surface area (Å²) in [5.74, 6) is 0.515. The van der Waals surface area contributed by atoms with Gasteiger partial charge in [-0.25, -0.2) is 0 Å². The van der Waals surface area contributed by atoms with Crippen LogP contribution in [-0.4, -0.2) is 44.7 Å². The van der Waals surface area contributed by atoms with Crippen LogP contribution in [0.15, 0.2) is 9.95 Å². The van der Waals surface area contributed by atoms with E-state index < -0.39 is 0 Å². The van der Waals surface area contributed by atoms with Crippen molar-refractivity contribution in [2.45, 2.75) is 51.1 Å². The maximum Gasteiger partial charge on any atom is 0.258 e. The highest BCUT2D eigenvalue weighted by molar-refractivity contribution is 7.99. The van der Waals surface area contributed by atoms with Crippen LogP contribution in [0.4, 0.5) is 0 Å². The number of rotatable bonds is 6. The zero-order chi connectivity index (χ0) is 16.8. The van der Waals surface area contributed by atoms with E-state index >= 15 is 0 Å². The molecule has 0 saturated carbocycles. The average Bonchev–Trinajstić information content (AvgIpc) is 2.52. The van der Waals surface area contributed by atoms with Gasteiger partial charge in [0, 0.05) is 13.1 Å². The Kier molecular flexibility index (Phi) is 6.50. The van der Waals surface area contributed by atoms with Crippen molar-refractivity contribution in [3.05, 3.63) is 15.9 Å². The van der Waals surface area contributed by atoms with Gasteiger partial charge in [-0.3, -0.25) is 9.59 Å². The molecule has 2 N–H and O–H groups in total. The fraction of sp³-hybridized carbons (Fsp3) is 0.688. The summed E-state index contributed by atoms with van der Waals surface area (Å²) in [6.45, 7) is 5.75. The number of thioether (sulfide) groups is 1. The van der Waals surface area contributed by atoms with Crippen LogP contribution >= 0.6 is 11.8 Å². The van der Waals surface area contributed by atoms with Gasteiger partial charge in [0.25, 0.3) is 5.56 Å². The lowest BCUT2D eigenvalue weighted by Gasteiger charge is -2.26. The van der Waals surface area contributed by atoms with Gasteiger partial charge >= 0.3 is 0 Å². The Labute approximate surface area is 140 Å². The predicted octanol–water partition coefficient (Wildman–Crippen LogP) is 2.17. The van der Waals surface area contributed by atoms with Crippen molar-refractivity contribution < 1.29 is 9.90 Å². The van der Waals surface area contributed by atoms with E-state index in [-0.39, 0.29) is 23.1 Å². The Morgan fingerprint density at radius 1 is 1.35 bits per heavy atom. The smallest absolute Gasteiger partial charge is 0.258 e. The van der Waals surface area contributed by atoms with Gasteiger partial charge in [-0.15, -0.1) is 0 Å². The molecule has 0 aromatic carbocycles. The fourth-order valence-corrected chi connectivity index (χ4v) is 3.32. The van der Waals surface area contributed by atoms with E-state index in [4.69, 9.17) is 0 Å². The van der Waals surface area contributed by atoms with E-state index in [0.717, 1.165) is 32.4 Å². The van der Waals surface area contributed by atoms with Crippen LogP contribution < -0.4 is 5.56 Å². The standard InChI is InChI=1S/C16H25N3O3S/c1-11(2)6-7-12-14(21)17-16(18-15(12)22)23-10-13(20)19-8-4-3-5-9-19/h11H,3-10H2,1-2H3,(H2,17,18,21,22). The minimum Gasteiger partial charge on any atom is -0.493 e. The number of hydrogen-bond donors (Lipinski definition) is 2. The molecular weight excluding hydrogens is 314 g/mol. The van der Waals surface area contributed by atoms with Gasteiger partial charge in [0.15, 0.2) is 5.16 Å². The van der Waals surface area contributed by atoms with E-state index in [1.54, 1.807) is 0 Å². The molecule has 1 aromatic heterocycles. The largest absolute Gasteiger partial charge is 0.493 e. The van der Waals surface area contributed by atoms with E-state index in [1.807, 2.05) is 4.90 Å². The minimum absolute atomic E-state index is 0.0562. The lowest BCUT2D eigenvalue weighted by Crippen LogP contribution is -2.36. The highest BCUT2D eigenvalue weighted by Crippen LogP contribution is 2.19. The molecule has 6 nitrogen and oxygen atoms in total. The number of carbonyl (C=O) groups excluding carboxylic acids is 1. The lowest BCUT2D eigenvalue weighted by molar-refractivity contribution is -0.129. The van der Waals surface area contributed by atoms with Crippen molar-refractivity contribution in [3.63, 3.8) is 0 Å². The van der Waals surface area contributed by atoms with Crippen molar-refractivity contribution >= 4 is 17.7 Å². The molecule has 7 heteroatoms. The van der Waals surface area contributed by atoms with Crippen LogP contribution in [0.1, 0.15) is 45.1 Å². The first-order valence-corrected chi connectivity index (χ1v) is 9.18. The predicted molar refractivity (Wildman–Crippen MR) is 90.8 cm³/mol. The third-order valence-electron chi connectivity index (χ3n) is 3.98. The first-order valence-electron chi connectivity index (χ1n) is 8.20. The molecule has 1 saturated heterocycles. The first-order chi connectivity index (χ1) is 11.0. The van der Waals surface area contributed by atoms with Crippen LogP contribution in [0.3, 0.4) is 0 Å². The van der Waals surface area contributed by atoms with Gasteiger partial charge in [0.05, 0.1) is 11.3 Å². The summed E-state index contributed by atoms with van der Waals surface area (Å²) in [6.07, 6.45) is 4.60. The van der Waals surface area contributed by atoms with Gasteiger partial charge in [0.1, 0.15) is 0 Å². The number of likely N-dealkylation sites (tertiary alicyclic amines) is 1. The summed E-state index contributed by atoms with van der Waals surface area (Å²) in [7, 11) is 0. The molecule has 0 unspecified atom stereocenters. The first kappa shape index (κ1) is 17.8. The number of aromatic amines is 1. The molecule has 0 radical (unpaired) electrons. The van der Waals surface area contributed by atoms with Gasteiger partial charge in [0.2, 0.25) is 11.8 Å². The van der Waals surface area contributed by atoms with Gasteiger partial charge < -0.3 is 15.0 Å². The van der Waals surface area contributed by atoms with Crippen molar-refractivity contribution in [2.24, 2.45) is 5.92 Å². The number of aromatic hydroxyl groups is 1. The minimum atomic E-state index is -0.314. The number of amides is 1. The van der Waals surface area contributed by atoms with Crippen LogP contribution in [-0.2, 0) is 11.2 Å².